The first-order valence-electron chi connectivity index (χ1n) is 4.56. The Morgan fingerprint density at radius 3 is 2.73 bits per heavy atom. The van der Waals surface area contributed by atoms with Gasteiger partial charge >= 0.3 is 0 Å². The van der Waals surface area contributed by atoms with E-state index in [1.165, 1.54) is 11.9 Å². The first kappa shape index (κ1) is 10.1. The van der Waals surface area contributed by atoms with Gasteiger partial charge in [-0.05, 0) is 34.5 Å². The molecule has 3 nitrogen and oxygen atoms in total. The van der Waals surface area contributed by atoms with Gasteiger partial charge in [0.1, 0.15) is 16.7 Å². The van der Waals surface area contributed by atoms with Crippen LogP contribution in [0.15, 0.2) is 41.3 Å². The maximum absolute atomic E-state index is 4.12. The highest BCUT2D eigenvalue weighted by molar-refractivity contribution is 9.10. The molecule has 2 aromatic rings. The molecule has 0 spiro atoms. The predicted molar refractivity (Wildman–Crippen MR) is 64.2 cm³/mol. The molecule has 1 aromatic heterocycles. The monoisotopic (exact) mass is 263 g/mol. The quantitative estimate of drug-likeness (QED) is 0.846. The maximum atomic E-state index is 4.12. The van der Waals surface area contributed by atoms with Crippen LogP contribution in [0.4, 0.5) is 11.5 Å². The van der Waals surface area contributed by atoms with Gasteiger partial charge in [0.15, 0.2) is 0 Å². The number of para-hydroxylation sites is 1. The summed E-state index contributed by atoms with van der Waals surface area (Å²) in [5, 5.41) is 3.23. The molecule has 0 atom stereocenters. The lowest BCUT2D eigenvalue weighted by Crippen LogP contribution is -1.95. The fourth-order valence-electron chi connectivity index (χ4n) is 1.25. The lowest BCUT2D eigenvalue weighted by atomic mass is 10.2. The van der Waals surface area contributed by atoms with E-state index in [2.05, 4.69) is 44.2 Å². The molecular weight excluding hydrogens is 254 g/mol. The SMILES string of the molecule is Cc1ccccc1Nc1cc(Br)ncn1. The standard InChI is InChI=1S/C11H10BrN3/c1-8-4-2-3-5-9(8)15-11-6-10(12)13-7-14-11/h2-7H,1H3,(H,13,14,15). The lowest BCUT2D eigenvalue weighted by Gasteiger charge is -2.07. The number of nitrogens with zero attached hydrogens (tertiary/aromatic N) is 2. The minimum atomic E-state index is 0.772. The molecule has 0 radical (unpaired) electrons. The Hall–Kier alpha value is -1.42. The van der Waals surface area contributed by atoms with Crippen LogP contribution in [0.1, 0.15) is 5.56 Å². The zero-order valence-corrected chi connectivity index (χ0v) is 9.82. The Morgan fingerprint density at radius 2 is 2.00 bits per heavy atom. The van der Waals surface area contributed by atoms with E-state index in [0.29, 0.717) is 0 Å². The fourth-order valence-corrected chi connectivity index (χ4v) is 1.56. The normalized spacial score (nSPS) is 10.0. The van der Waals surface area contributed by atoms with Crippen LogP contribution in [0, 0.1) is 6.92 Å². The van der Waals surface area contributed by atoms with E-state index >= 15 is 0 Å². The van der Waals surface area contributed by atoms with Crippen molar-refractivity contribution in [2.45, 2.75) is 6.92 Å². The molecule has 15 heavy (non-hydrogen) atoms. The summed E-state index contributed by atoms with van der Waals surface area (Å²) >= 11 is 3.30. The van der Waals surface area contributed by atoms with Crippen molar-refractivity contribution < 1.29 is 0 Å². The van der Waals surface area contributed by atoms with Gasteiger partial charge < -0.3 is 5.32 Å². The molecule has 76 valence electrons. The van der Waals surface area contributed by atoms with Crippen LogP contribution < -0.4 is 5.32 Å². The van der Waals surface area contributed by atoms with Gasteiger partial charge in [0.05, 0.1) is 0 Å². The molecule has 0 bridgehead atoms. The molecule has 0 unspecified atom stereocenters. The third-order valence-corrected chi connectivity index (χ3v) is 2.48. The average molecular weight is 264 g/mol. The summed E-state index contributed by atoms with van der Waals surface area (Å²) in [4.78, 5) is 8.09. The lowest BCUT2D eigenvalue weighted by molar-refractivity contribution is 1.14. The molecule has 1 aromatic carbocycles. The van der Waals surface area contributed by atoms with Gasteiger partial charge in [-0.2, -0.15) is 0 Å². The van der Waals surface area contributed by atoms with Crippen LogP contribution in [0.25, 0.3) is 0 Å². The Balaban J connectivity index is 2.26. The molecule has 1 N–H and O–H groups in total. The van der Waals surface area contributed by atoms with Crippen molar-refractivity contribution in [1.29, 1.82) is 0 Å². The number of benzene rings is 1. The van der Waals surface area contributed by atoms with Crippen LogP contribution >= 0.6 is 15.9 Å². The molecule has 0 fully saturated rings. The summed E-state index contributed by atoms with van der Waals surface area (Å²) in [7, 11) is 0. The van der Waals surface area contributed by atoms with Crippen molar-refractivity contribution in [1.82, 2.24) is 9.97 Å². The van der Waals surface area contributed by atoms with Crippen LogP contribution in [0.3, 0.4) is 0 Å². The molecule has 4 heteroatoms. The van der Waals surface area contributed by atoms with Gasteiger partial charge in [-0.3, -0.25) is 0 Å². The van der Waals surface area contributed by atoms with Crippen molar-refractivity contribution in [2.24, 2.45) is 0 Å². The molecule has 0 aliphatic heterocycles. The summed E-state index contributed by atoms with van der Waals surface area (Å²) in [6, 6.07) is 9.92. The molecule has 0 aliphatic rings. The second kappa shape index (κ2) is 4.40. The van der Waals surface area contributed by atoms with E-state index in [4.69, 9.17) is 0 Å². The molecule has 0 amide bonds. The molecule has 0 aliphatic carbocycles. The maximum Gasteiger partial charge on any atom is 0.134 e. The van der Waals surface area contributed by atoms with E-state index in [1.807, 2.05) is 24.3 Å². The number of aromatic nitrogens is 2. The first-order chi connectivity index (χ1) is 7.25. The molecule has 1 heterocycles. The van der Waals surface area contributed by atoms with Gasteiger partial charge in [0.2, 0.25) is 0 Å². The summed E-state index contributed by atoms with van der Waals surface area (Å²) in [5.74, 6) is 0.783. The zero-order valence-electron chi connectivity index (χ0n) is 8.24. The molecule has 2 rings (SSSR count). The van der Waals surface area contributed by atoms with E-state index in [-0.39, 0.29) is 0 Å². The highest BCUT2D eigenvalue weighted by atomic mass is 79.9. The number of anilines is 2. The van der Waals surface area contributed by atoms with E-state index in [9.17, 15) is 0 Å². The van der Waals surface area contributed by atoms with Gasteiger partial charge in [-0.15, -0.1) is 0 Å². The van der Waals surface area contributed by atoms with Crippen molar-refractivity contribution in [3.05, 3.63) is 46.8 Å². The zero-order chi connectivity index (χ0) is 10.7. The molecular formula is C11H10BrN3. The Morgan fingerprint density at radius 1 is 1.20 bits per heavy atom. The summed E-state index contributed by atoms with van der Waals surface area (Å²) < 4.78 is 0.772. The number of aryl methyl sites for hydroxylation is 1. The molecule has 0 saturated heterocycles. The van der Waals surface area contributed by atoms with Crippen LogP contribution in [-0.2, 0) is 0 Å². The van der Waals surface area contributed by atoms with Crippen molar-refractivity contribution in [2.75, 3.05) is 5.32 Å². The number of nitrogens with one attached hydrogen (secondary N) is 1. The molecule has 0 saturated carbocycles. The fraction of sp³-hybridized carbons (Fsp3) is 0.0909. The Labute approximate surface area is 96.7 Å². The van der Waals surface area contributed by atoms with Gasteiger partial charge in [0, 0.05) is 11.8 Å². The minimum absolute atomic E-state index is 0.772. The smallest absolute Gasteiger partial charge is 0.134 e. The Kier molecular flexibility index (Phi) is 2.97. The van der Waals surface area contributed by atoms with Crippen molar-refractivity contribution in [3.63, 3.8) is 0 Å². The summed E-state index contributed by atoms with van der Waals surface area (Å²) in [6.45, 7) is 2.05. The minimum Gasteiger partial charge on any atom is -0.340 e. The predicted octanol–water partition coefficient (Wildman–Crippen LogP) is 3.29. The van der Waals surface area contributed by atoms with Crippen LogP contribution in [-0.4, -0.2) is 9.97 Å². The second-order valence-corrected chi connectivity index (χ2v) is 3.98. The van der Waals surface area contributed by atoms with Crippen LogP contribution in [0.5, 0.6) is 0 Å². The van der Waals surface area contributed by atoms with E-state index in [0.717, 1.165) is 16.1 Å². The van der Waals surface area contributed by atoms with Crippen LogP contribution in [0.2, 0.25) is 0 Å². The first-order valence-corrected chi connectivity index (χ1v) is 5.35. The largest absolute Gasteiger partial charge is 0.340 e. The number of rotatable bonds is 2. The average Bonchev–Trinajstić information content (AvgIpc) is 2.22. The van der Waals surface area contributed by atoms with Crippen molar-refractivity contribution in [3.8, 4) is 0 Å². The highest BCUT2D eigenvalue weighted by Crippen LogP contribution is 2.19. The Bertz CT molecular complexity index is 471. The summed E-state index contributed by atoms with van der Waals surface area (Å²) in [5.41, 5.74) is 2.25. The van der Waals surface area contributed by atoms with Gasteiger partial charge in [0.25, 0.3) is 0 Å². The third kappa shape index (κ3) is 2.53. The second-order valence-electron chi connectivity index (χ2n) is 3.17. The van der Waals surface area contributed by atoms with Gasteiger partial charge in [-0.1, -0.05) is 18.2 Å². The van der Waals surface area contributed by atoms with E-state index < -0.39 is 0 Å². The number of hydrogen-bond donors (Lipinski definition) is 1. The van der Waals surface area contributed by atoms with Crippen molar-refractivity contribution >= 4 is 27.4 Å². The van der Waals surface area contributed by atoms with E-state index in [1.54, 1.807) is 0 Å². The summed E-state index contributed by atoms with van der Waals surface area (Å²) in [6.07, 6.45) is 1.52. The number of halogens is 1. The van der Waals surface area contributed by atoms with Gasteiger partial charge in [-0.25, -0.2) is 9.97 Å². The third-order valence-electron chi connectivity index (χ3n) is 2.04. The topological polar surface area (TPSA) is 37.8 Å². The highest BCUT2D eigenvalue weighted by Gasteiger charge is 1.99. The number of hydrogen-bond acceptors (Lipinski definition) is 3.